The largest absolute Gasteiger partial charge is 0.495 e. The molecule has 1 N–H and O–H groups in total. The number of rotatable bonds is 4. The number of ether oxygens (including phenoxy) is 1. The quantitative estimate of drug-likeness (QED) is 0.869. The van der Waals surface area contributed by atoms with E-state index in [0.717, 1.165) is 12.8 Å². The van der Waals surface area contributed by atoms with Crippen LogP contribution in [0.2, 0.25) is 0 Å². The molecule has 2 amide bonds. The number of aryl methyl sites for hydroxylation is 1. The first kappa shape index (κ1) is 15.9. The third-order valence-electron chi connectivity index (χ3n) is 4.35. The van der Waals surface area contributed by atoms with Crippen molar-refractivity contribution >= 4 is 11.7 Å². The zero-order chi connectivity index (χ0) is 16.9. The molecular weight excluding hydrogens is 300 g/mol. The third kappa shape index (κ3) is 3.07. The van der Waals surface area contributed by atoms with Crippen LogP contribution in [-0.2, 0) is 6.42 Å². The van der Waals surface area contributed by atoms with Crippen molar-refractivity contribution in [2.45, 2.75) is 18.9 Å². The number of carbonyl (C=O) groups excluding carboxylic acids is 1. The molecule has 1 atom stereocenters. The summed E-state index contributed by atoms with van der Waals surface area (Å²) in [6, 6.07) is 15.4. The van der Waals surface area contributed by atoms with Gasteiger partial charge in [-0.3, -0.25) is 0 Å². The monoisotopic (exact) mass is 320 g/mol. The van der Waals surface area contributed by atoms with Crippen LogP contribution in [0.5, 0.6) is 5.75 Å². The number of amides is 2. The van der Waals surface area contributed by atoms with Crippen LogP contribution in [0.3, 0.4) is 0 Å². The molecule has 0 saturated carbocycles. The van der Waals surface area contributed by atoms with Crippen LogP contribution in [0, 0.1) is 12.3 Å². The van der Waals surface area contributed by atoms with Gasteiger partial charge in [-0.05, 0) is 36.1 Å². The Kier molecular flexibility index (Phi) is 4.72. The zero-order valence-electron chi connectivity index (χ0n) is 13.7. The van der Waals surface area contributed by atoms with E-state index in [1.807, 2.05) is 36.4 Å². The highest BCUT2D eigenvalue weighted by atomic mass is 16.5. The van der Waals surface area contributed by atoms with Crippen LogP contribution in [0.25, 0.3) is 0 Å². The number of hydrogen-bond donors (Lipinski definition) is 1. The molecule has 0 radical (unpaired) electrons. The van der Waals surface area contributed by atoms with Crippen molar-refractivity contribution in [3.05, 3.63) is 59.7 Å². The molecule has 2 aromatic carbocycles. The summed E-state index contributed by atoms with van der Waals surface area (Å²) in [6.45, 7) is 0.264. The third-order valence-corrected chi connectivity index (χ3v) is 4.35. The van der Waals surface area contributed by atoms with Gasteiger partial charge in [-0.15, -0.1) is 6.42 Å². The molecule has 4 heteroatoms. The van der Waals surface area contributed by atoms with Gasteiger partial charge in [0.2, 0.25) is 0 Å². The van der Waals surface area contributed by atoms with Crippen LogP contribution in [0.15, 0.2) is 48.5 Å². The van der Waals surface area contributed by atoms with Gasteiger partial charge in [0.25, 0.3) is 0 Å². The number of terminal acetylenes is 1. The Hall–Kier alpha value is -2.93. The number of methoxy groups -OCH3 is 1. The second kappa shape index (κ2) is 7.10. The van der Waals surface area contributed by atoms with E-state index in [9.17, 15) is 4.79 Å². The number of nitrogens with one attached hydrogen (secondary N) is 1. The van der Waals surface area contributed by atoms with Crippen molar-refractivity contribution in [3.8, 4) is 18.1 Å². The lowest BCUT2D eigenvalue weighted by Crippen LogP contribution is -2.37. The normalized spacial score (nSPS) is 15.2. The van der Waals surface area contributed by atoms with Gasteiger partial charge in [0.15, 0.2) is 0 Å². The average molecular weight is 320 g/mol. The van der Waals surface area contributed by atoms with Crippen molar-refractivity contribution in [1.82, 2.24) is 4.90 Å². The van der Waals surface area contributed by atoms with E-state index in [1.165, 1.54) is 11.1 Å². The lowest BCUT2D eigenvalue weighted by atomic mass is 10.1. The summed E-state index contributed by atoms with van der Waals surface area (Å²) in [5, 5.41) is 2.92. The predicted octanol–water partition coefficient (Wildman–Crippen LogP) is 3.85. The number of benzene rings is 2. The first-order valence-corrected chi connectivity index (χ1v) is 7.96. The number of carbonyl (C=O) groups is 1. The number of hydrogen-bond acceptors (Lipinski definition) is 2. The van der Waals surface area contributed by atoms with Gasteiger partial charge >= 0.3 is 6.03 Å². The smallest absolute Gasteiger partial charge is 0.323 e. The number of fused-ring (bicyclic) bond motifs is 1. The van der Waals surface area contributed by atoms with Crippen molar-refractivity contribution in [3.63, 3.8) is 0 Å². The SMILES string of the molecule is C#CCN(C(=O)Nc1ccccc1OC)C1CCc2ccccc21. The minimum Gasteiger partial charge on any atom is -0.495 e. The molecule has 0 spiro atoms. The lowest BCUT2D eigenvalue weighted by molar-refractivity contribution is 0.197. The number of para-hydroxylation sites is 2. The van der Waals surface area contributed by atoms with E-state index in [1.54, 1.807) is 12.0 Å². The Morgan fingerprint density at radius 1 is 1.29 bits per heavy atom. The van der Waals surface area contributed by atoms with Crippen molar-refractivity contribution in [2.75, 3.05) is 19.0 Å². The molecule has 122 valence electrons. The highest BCUT2D eigenvalue weighted by molar-refractivity contribution is 5.91. The minimum absolute atomic E-state index is 0.00644. The number of urea groups is 1. The Bertz CT molecular complexity index is 779. The topological polar surface area (TPSA) is 41.6 Å². The number of nitrogens with zero attached hydrogens (tertiary/aromatic N) is 1. The molecule has 0 saturated heterocycles. The van der Waals surface area contributed by atoms with Crippen molar-refractivity contribution in [1.29, 1.82) is 0 Å². The Labute approximate surface area is 142 Å². The average Bonchev–Trinajstić information content (AvgIpc) is 3.04. The Morgan fingerprint density at radius 3 is 2.83 bits per heavy atom. The summed E-state index contributed by atoms with van der Waals surface area (Å²) in [6.07, 6.45) is 7.36. The molecule has 0 fully saturated rings. The standard InChI is InChI=1S/C20H20N2O2/c1-3-14-22(18-13-12-15-8-4-5-9-16(15)18)20(23)21-17-10-6-7-11-19(17)24-2/h1,4-11,18H,12-14H2,2H3,(H,21,23). The molecule has 1 aliphatic carbocycles. The van der Waals surface area contributed by atoms with E-state index >= 15 is 0 Å². The van der Waals surface area contributed by atoms with Crippen LogP contribution < -0.4 is 10.1 Å². The first-order valence-electron chi connectivity index (χ1n) is 7.96. The summed E-state index contributed by atoms with van der Waals surface area (Å²) >= 11 is 0. The van der Waals surface area contributed by atoms with Crippen LogP contribution in [0.1, 0.15) is 23.6 Å². The summed E-state index contributed by atoms with van der Waals surface area (Å²) in [5.41, 5.74) is 3.11. The van der Waals surface area contributed by atoms with Gasteiger partial charge in [0.05, 0.1) is 25.4 Å². The Balaban J connectivity index is 1.84. The van der Waals surface area contributed by atoms with Gasteiger partial charge in [0, 0.05) is 0 Å². The van der Waals surface area contributed by atoms with Gasteiger partial charge in [-0.1, -0.05) is 42.3 Å². The Morgan fingerprint density at radius 2 is 2.04 bits per heavy atom. The molecule has 1 aliphatic rings. The second-order valence-electron chi connectivity index (χ2n) is 5.72. The molecule has 4 nitrogen and oxygen atoms in total. The van der Waals surface area contributed by atoms with E-state index in [-0.39, 0.29) is 18.6 Å². The summed E-state index contributed by atoms with van der Waals surface area (Å²) in [4.78, 5) is 14.6. The fourth-order valence-corrected chi connectivity index (χ4v) is 3.22. The first-order chi connectivity index (χ1) is 11.7. The van der Waals surface area contributed by atoms with Gasteiger partial charge in [-0.2, -0.15) is 0 Å². The maximum absolute atomic E-state index is 12.8. The lowest BCUT2D eigenvalue weighted by Gasteiger charge is -2.28. The fraction of sp³-hybridized carbons (Fsp3) is 0.250. The molecule has 0 aliphatic heterocycles. The highest BCUT2D eigenvalue weighted by Gasteiger charge is 2.30. The summed E-state index contributed by atoms with van der Waals surface area (Å²) in [7, 11) is 1.58. The van der Waals surface area contributed by atoms with Crippen molar-refractivity contribution < 1.29 is 9.53 Å². The number of anilines is 1. The predicted molar refractivity (Wildman–Crippen MR) is 95.1 cm³/mol. The van der Waals surface area contributed by atoms with E-state index in [2.05, 4.69) is 23.4 Å². The van der Waals surface area contributed by atoms with Crippen LogP contribution in [0.4, 0.5) is 10.5 Å². The maximum atomic E-state index is 12.8. The molecule has 0 aromatic heterocycles. The molecule has 0 bridgehead atoms. The molecule has 3 rings (SSSR count). The highest BCUT2D eigenvalue weighted by Crippen LogP contribution is 2.36. The second-order valence-corrected chi connectivity index (χ2v) is 5.72. The van der Waals surface area contributed by atoms with Gasteiger partial charge < -0.3 is 15.0 Å². The van der Waals surface area contributed by atoms with Gasteiger partial charge in [0.1, 0.15) is 5.75 Å². The van der Waals surface area contributed by atoms with E-state index < -0.39 is 0 Å². The zero-order valence-corrected chi connectivity index (χ0v) is 13.7. The van der Waals surface area contributed by atoms with E-state index in [4.69, 9.17) is 11.2 Å². The molecule has 0 heterocycles. The maximum Gasteiger partial charge on any atom is 0.323 e. The van der Waals surface area contributed by atoms with Crippen LogP contribution >= 0.6 is 0 Å². The minimum atomic E-state index is -0.209. The molecular formula is C20H20N2O2. The van der Waals surface area contributed by atoms with Gasteiger partial charge in [-0.25, -0.2) is 4.79 Å². The summed E-state index contributed by atoms with van der Waals surface area (Å²) in [5.74, 6) is 3.23. The molecule has 2 aromatic rings. The summed E-state index contributed by atoms with van der Waals surface area (Å²) < 4.78 is 5.29. The molecule has 24 heavy (non-hydrogen) atoms. The van der Waals surface area contributed by atoms with Crippen molar-refractivity contribution in [2.24, 2.45) is 0 Å². The molecule has 1 unspecified atom stereocenters. The fourth-order valence-electron chi connectivity index (χ4n) is 3.22. The van der Waals surface area contributed by atoms with Crippen LogP contribution in [-0.4, -0.2) is 24.6 Å². The van der Waals surface area contributed by atoms with E-state index in [0.29, 0.717) is 11.4 Å².